The predicted molar refractivity (Wildman–Crippen MR) is 86.9 cm³/mol. The number of carbonyl (C=O) groups excluding carboxylic acids is 1. The van der Waals surface area contributed by atoms with Crippen molar-refractivity contribution < 1.29 is 9.18 Å². The van der Waals surface area contributed by atoms with Crippen LogP contribution in [0.25, 0.3) is 0 Å². The summed E-state index contributed by atoms with van der Waals surface area (Å²) in [5.74, 6) is -0.103. The second-order valence-corrected chi connectivity index (χ2v) is 6.15. The molecule has 1 amide bonds. The summed E-state index contributed by atoms with van der Waals surface area (Å²) < 4.78 is 15.8. The number of rotatable bonds is 4. The Hall–Kier alpha value is -2.17. The van der Waals surface area contributed by atoms with Crippen molar-refractivity contribution in [2.24, 2.45) is 0 Å². The Bertz CT molecular complexity index is 710. The maximum Gasteiger partial charge on any atom is 0.257 e. The van der Waals surface area contributed by atoms with Gasteiger partial charge in [-0.1, -0.05) is 25.1 Å². The molecule has 1 aliphatic rings. The van der Waals surface area contributed by atoms with E-state index in [2.05, 4.69) is 12.0 Å². The van der Waals surface area contributed by atoms with Crippen LogP contribution in [0, 0.1) is 12.7 Å². The Morgan fingerprint density at radius 1 is 1.39 bits per heavy atom. The monoisotopic (exact) mass is 315 g/mol. The van der Waals surface area contributed by atoms with Gasteiger partial charge in [0.1, 0.15) is 5.82 Å². The third kappa shape index (κ3) is 3.14. The van der Waals surface area contributed by atoms with Crippen molar-refractivity contribution in [1.29, 1.82) is 0 Å². The van der Waals surface area contributed by atoms with Crippen molar-refractivity contribution in [2.75, 3.05) is 13.1 Å². The molecule has 0 radical (unpaired) electrons. The molecular formula is C18H22FN3O. The van der Waals surface area contributed by atoms with Crippen molar-refractivity contribution in [3.63, 3.8) is 0 Å². The fourth-order valence-electron chi connectivity index (χ4n) is 3.25. The van der Waals surface area contributed by atoms with Crippen LogP contribution in [0.2, 0.25) is 0 Å². The fraction of sp³-hybridized carbons (Fsp3) is 0.444. The van der Waals surface area contributed by atoms with Crippen LogP contribution in [0.5, 0.6) is 0 Å². The molecule has 0 spiro atoms. The number of halogens is 1. The fourth-order valence-corrected chi connectivity index (χ4v) is 3.25. The van der Waals surface area contributed by atoms with E-state index < -0.39 is 0 Å². The van der Waals surface area contributed by atoms with Gasteiger partial charge in [-0.05, 0) is 31.4 Å². The van der Waals surface area contributed by atoms with Gasteiger partial charge in [0.25, 0.3) is 5.91 Å². The van der Waals surface area contributed by atoms with E-state index in [-0.39, 0.29) is 17.6 Å². The predicted octanol–water partition coefficient (Wildman–Crippen LogP) is 3.37. The lowest BCUT2D eigenvalue weighted by Crippen LogP contribution is -2.28. The van der Waals surface area contributed by atoms with Gasteiger partial charge in [0.2, 0.25) is 0 Å². The first-order valence-electron chi connectivity index (χ1n) is 8.18. The van der Waals surface area contributed by atoms with Gasteiger partial charge in [0, 0.05) is 31.7 Å². The Morgan fingerprint density at radius 3 is 2.91 bits per heavy atom. The second kappa shape index (κ2) is 6.52. The highest BCUT2D eigenvalue weighted by molar-refractivity contribution is 5.95. The summed E-state index contributed by atoms with van der Waals surface area (Å²) in [6, 6.07) is 6.85. The minimum Gasteiger partial charge on any atom is -0.338 e. The van der Waals surface area contributed by atoms with Gasteiger partial charge in [-0.2, -0.15) is 5.10 Å². The Kier molecular flexibility index (Phi) is 4.46. The van der Waals surface area contributed by atoms with Crippen molar-refractivity contribution in [2.45, 2.75) is 39.2 Å². The largest absolute Gasteiger partial charge is 0.338 e. The molecule has 0 saturated carbocycles. The minimum absolute atomic E-state index is 0.00342. The average molecular weight is 315 g/mol. The number of carbonyl (C=O) groups is 1. The first kappa shape index (κ1) is 15.7. The van der Waals surface area contributed by atoms with Crippen LogP contribution in [-0.2, 0) is 6.54 Å². The van der Waals surface area contributed by atoms with E-state index in [9.17, 15) is 9.18 Å². The molecule has 1 aromatic carbocycles. The molecule has 3 rings (SSSR count). The molecular weight excluding hydrogens is 293 g/mol. The number of nitrogens with zero attached hydrogens (tertiary/aromatic N) is 3. The van der Waals surface area contributed by atoms with Crippen LogP contribution in [-0.4, -0.2) is 33.7 Å². The van der Waals surface area contributed by atoms with Gasteiger partial charge in [-0.25, -0.2) is 4.39 Å². The second-order valence-electron chi connectivity index (χ2n) is 6.15. The number of amides is 1. The molecule has 1 fully saturated rings. The number of aromatic nitrogens is 2. The molecule has 2 heterocycles. The molecule has 0 aliphatic carbocycles. The Balaban J connectivity index is 1.74. The van der Waals surface area contributed by atoms with Crippen LogP contribution in [0.15, 0.2) is 30.5 Å². The Morgan fingerprint density at radius 2 is 2.17 bits per heavy atom. The number of hydrogen-bond acceptors (Lipinski definition) is 2. The highest BCUT2D eigenvalue weighted by Gasteiger charge is 2.30. The maximum atomic E-state index is 13.9. The lowest BCUT2D eigenvalue weighted by Gasteiger charge is -2.16. The quantitative estimate of drug-likeness (QED) is 0.867. The lowest BCUT2D eigenvalue weighted by atomic mass is 9.98. The van der Waals surface area contributed by atoms with Crippen LogP contribution >= 0.6 is 0 Å². The van der Waals surface area contributed by atoms with Crippen molar-refractivity contribution in [3.8, 4) is 0 Å². The molecule has 122 valence electrons. The molecule has 4 nitrogen and oxygen atoms in total. The van der Waals surface area contributed by atoms with E-state index >= 15 is 0 Å². The third-order valence-electron chi connectivity index (χ3n) is 4.45. The maximum absolute atomic E-state index is 13.9. The van der Waals surface area contributed by atoms with Gasteiger partial charge in [-0.15, -0.1) is 0 Å². The van der Waals surface area contributed by atoms with Crippen molar-refractivity contribution >= 4 is 5.91 Å². The van der Waals surface area contributed by atoms with Crippen LogP contribution in [0.4, 0.5) is 4.39 Å². The lowest BCUT2D eigenvalue weighted by molar-refractivity contribution is 0.0790. The minimum atomic E-state index is -0.182. The SMILES string of the molecule is CCCn1cc(C(=O)N2CCC(c3ccccc3F)C2)c(C)n1. The molecule has 0 N–H and O–H groups in total. The van der Waals surface area contributed by atoms with Crippen LogP contribution in [0.3, 0.4) is 0 Å². The molecule has 1 aliphatic heterocycles. The molecule has 1 unspecified atom stereocenters. The van der Waals surface area contributed by atoms with Gasteiger partial charge in [0.05, 0.1) is 11.3 Å². The zero-order valence-electron chi connectivity index (χ0n) is 13.6. The number of aryl methyl sites for hydroxylation is 2. The van der Waals surface area contributed by atoms with E-state index in [1.807, 2.05) is 34.8 Å². The van der Waals surface area contributed by atoms with Gasteiger partial charge in [0.15, 0.2) is 0 Å². The summed E-state index contributed by atoms with van der Waals surface area (Å²) in [5.41, 5.74) is 2.13. The Labute approximate surface area is 135 Å². The van der Waals surface area contributed by atoms with Gasteiger partial charge < -0.3 is 4.90 Å². The summed E-state index contributed by atoms with van der Waals surface area (Å²) >= 11 is 0. The van der Waals surface area contributed by atoms with E-state index in [4.69, 9.17) is 0 Å². The zero-order valence-corrected chi connectivity index (χ0v) is 13.6. The highest BCUT2D eigenvalue weighted by atomic mass is 19.1. The normalized spacial score (nSPS) is 17.7. The summed E-state index contributed by atoms with van der Waals surface area (Å²) in [7, 11) is 0. The zero-order chi connectivity index (χ0) is 16.4. The number of likely N-dealkylation sites (tertiary alicyclic amines) is 1. The summed E-state index contributed by atoms with van der Waals surface area (Å²) in [6.45, 7) is 5.99. The third-order valence-corrected chi connectivity index (χ3v) is 4.45. The molecule has 5 heteroatoms. The summed E-state index contributed by atoms with van der Waals surface area (Å²) in [6.07, 6.45) is 3.61. The van der Waals surface area contributed by atoms with E-state index in [0.29, 0.717) is 24.2 Å². The summed E-state index contributed by atoms with van der Waals surface area (Å²) in [5, 5.41) is 4.39. The number of hydrogen-bond donors (Lipinski definition) is 0. The number of benzene rings is 1. The van der Waals surface area contributed by atoms with Crippen LogP contribution < -0.4 is 0 Å². The smallest absolute Gasteiger partial charge is 0.257 e. The molecule has 2 aromatic rings. The summed E-state index contributed by atoms with van der Waals surface area (Å²) in [4.78, 5) is 14.5. The first-order chi connectivity index (χ1) is 11.1. The van der Waals surface area contributed by atoms with E-state index in [1.165, 1.54) is 6.07 Å². The standard InChI is InChI=1S/C18H22FN3O/c1-3-9-22-12-16(13(2)20-22)18(23)21-10-8-14(11-21)15-6-4-5-7-17(15)19/h4-7,12,14H,3,8-11H2,1-2H3. The molecule has 1 atom stereocenters. The molecule has 1 saturated heterocycles. The molecule has 23 heavy (non-hydrogen) atoms. The van der Waals surface area contributed by atoms with Crippen molar-refractivity contribution in [1.82, 2.24) is 14.7 Å². The van der Waals surface area contributed by atoms with E-state index in [1.54, 1.807) is 6.07 Å². The van der Waals surface area contributed by atoms with Crippen LogP contribution in [0.1, 0.15) is 47.3 Å². The van der Waals surface area contributed by atoms with Gasteiger partial charge >= 0.3 is 0 Å². The van der Waals surface area contributed by atoms with E-state index in [0.717, 1.165) is 25.1 Å². The topological polar surface area (TPSA) is 38.1 Å². The van der Waals surface area contributed by atoms with Crippen molar-refractivity contribution in [3.05, 3.63) is 53.1 Å². The highest BCUT2D eigenvalue weighted by Crippen LogP contribution is 2.30. The van der Waals surface area contributed by atoms with Gasteiger partial charge in [-0.3, -0.25) is 9.48 Å². The molecule has 1 aromatic heterocycles. The average Bonchev–Trinajstić information content (AvgIpc) is 3.15. The first-order valence-corrected chi connectivity index (χ1v) is 8.18. The molecule has 0 bridgehead atoms.